The summed E-state index contributed by atoms with van der Waals surface area (Å²) in [6.45, 7) is 5.38. The standard InChI is InChI=1S/C16H19BrN4O4S/c1-9-4-6-10(7-5-9)26(22,23)20-13-12(19-21-18)8-11(17)14-15(13)25-16(2,3)24-14/h4-8,12-15,20H,1-3H3/t12-,13-,14-,15+/m1/s1. The highest BCUT2D eigenvalue weighted by Gasteiger charge is 2.51. The minimum Gasteiger partial charge on any atom is -0.342 e. The molecule has 4 atom stereocenters. The molecule has 0 unspecified atom stereocenters. The number of aryl methyl sites for hydroxylation is 1. The summed E-state index contributed by atoms with van der Waals surface area (Å²) in [4.78, 5) is 2.97. The van der Waals surface area contributed by atoms with E-state index < -0.39 is 40.1 Å². The van der Waals surface area contributed by atoms with Crippen LogP contribution < -0.4 is 4.72 Å². The first-order chi connectivity index (χ1) is 12.1. The maximum absolute atomic E-state index is 12.8. The van der Waals surface area contributed by atoms with Crippen molar-refractivity contribution in [1.29, 1.82) is 0 Å². The van der Waals surface area contributed by atoms with Gasteiger partial charge in [0.1, 0.15) is 12.2 Å². The Kier molecular flexibility index (Phi) is 5.17. The van der Waals surface area contributed by atoms with E-state index in [4.69, 9.17) is 15.0 Å². The van der Waals surface area contributed by atoms with Crippen LogP contribution in [0.3, 0.4) is 0 Å². The zero-order chi connectivity index (χ0) is 19.1. The Morgan fingerprint density at radius 3 is 2.54 bits per heavy atom. The molecule has 0 radical (unpaired) electrons. The maximum atomic E-state index is 12.8. The minimum absolute atomic E-state index is 0.131. The fraction of sp³-hybridized carbons (Fsp3) is 0.500. The molecule has 1 heterocycles. The molecular formula is C16H19BrN4O4S. The number of hydrogen-bond donors (Lipinski definition) is 1. The van der Waals surface area contributed by atoms with Crippen LogP contribution in [-0.2, 0) is 19.5 Å². The SMILES string of the molecule is Cc1ccc(S(=O)(=O)N[C@H]2[C@@H]3OC(C)(C)O[C@@H]3C(Br)=C[C@H]2N=[N+]=[N-])cc1. The smallest absolute Gasteiger partial charge is 0.240 e. The zero-order valence-electron chi connectivity index (χ0n) is 14.5. The van der Waals surface area contributed by atoms with Crippen LogP contribution in [0.4, 0.5) is 0 Å². The van der Waals surface area contributed by atoms with Crippen LogP contribution in [0.5, 0.6) is 0 Å². The van der Waals surface area contributed by atoms with Gasteiger partial charge in [-0.2, -0.15) is 0 Å². The van der Waals surface area contributed by atoms with Crippen molar-refractivity contribution in [3.63, 3.8) is 0 Å². The highest BCUT2D eigenvalue weighted by atomic mass is 79.9. The van der Waals surface area contributed by atoms with Crippen LogP contribution in [0.15, 0.2) is 44.8 Å². The Hall–Kier alpha value is -1.42. The third kappa shape index (κ3) is 3.80. The molecule has 0 saturated carbocycles. The topological polar surface area (TPSA) is 113 Å². The molecule has 10 heteroatoms. The predicted molar refractivity (Wildman–Crippen MR) is 99.1 cm³/mol. The number of azide groups is 1. The van der Waals surface area contributed by atoms with E-state index in [0.29, 0.717) is 4.48 Å². The fourth-order valence-electron chi connectivity index (χ4n) is 3.09. The van der Waals surface area contributed by atoms with E-state index >= 15 is 0 Å². The number of benzene rings is 1. The molecule has 1 aromatic rings. The summed E-state index contributed by atoms with van der Waals surface area (Å²) >= 11 is 3.41. The summed E-state index contributed by atoms with van der Waals surface area (Å²) < 4.78 is 40.7. The van der Waals surface area contributed by atoms with Gasteiger partial charge in [0, 0.05) is 9.39 Å². The van der Waals surface area contributed by atoms with Gasteiger partial charge in [0.15, 0.2) is 5.79 Å². The highest BCUT2D eigenvalue weighted by Crippen LogP contribution is 2.40. The highest BCUT2D eigenvalue weighted by molar-refractivity contribution is 9.11. The summed E-state index contributed by atoms with van der Waals surface area (Å²) in [5, 5.41) is 3.73. The largest absolute Gasteiger partial charge is 0.342 e. The lowest BCUT2D eigenvalue weighted by Crippen LogP contribution is -2.55. The Bertz CT molecular complexity index is 878. The number of ether oxygens (including phenoxy) is 2. The van der Waals surface area contributed by atoms with E-state index in [2.05, 4.69) is 30.7 Å². The molecule has 1 aliphatic carbocycles. The third-order valence-corrected chi connectivity index (χ3v) is 6.45. The van der Waals surface area contributed by atoms with Gasteiger partial charge in [0.05, 0.1) is 17.0 Å². The maximum Gasteiger partial charge on any atom is 0.240 e. The number of rotatable bonds is 4. The van der Waals surface area contributed by atoms with Crippen molar-refractivity contribution in [2.24, 2.45) is 5.11 Å². The van der Waals surface area contributed by atoms with Gasteiger partial charge in [-0.05, 0) is 38.4 Å². The first-order valence-electron chi connectivity index (χ1n) is 7.99. The van der Waals surface area contributed by atoms with Crippen LogP contribution in [0, 0.1) is 6.92 Å². The van der Waals surface area contributed by atoms with E-state index in [9.17, 15) is 8.42 Å². The van der Waals surface area contributed by atoms with E-state index in [1.54, 1.807) is 32.1 Å². The zero-order valence-corrected chi connectivity index (χ0v) is 16.9. The van der Waals surface area contributed by atoms with Gasteiger partial charge in [0.25, 0.3) is 0 Å². The summed E-state index contributed by atoms with van der Waals surface area (Å²) in [5.41, 5.74) is 9.83. The van der Waals surface area contributed by atoms with Crippen molar-refractivity contribution in [1.82, 2.24) is 4.72 Å². The van der Waals surface area contributed by atoms with E-state index in [1.165, 1.54) is 12.1 Å². The average molecular weight is 443 g/mol. The van der Waals surface area contributed by atoms with Gasteiger partial charge in [0.2, 0.25) is 10.0 Å². The Morgan fingerprint density at radius 1 is 1.27 bits per heavy atom. The quantitative estimate of drug-likeness (QED) is 0.438. The molecule has 0 aromatic heterocycles. The van der Waals surface area contributed by atoms with Gasteiger partial charge >= 0.3 is 0 Å². The molecule has 26 heavy (non-hydrogen) atoms. The van der Waals surface area contributed by atoms with Crippen LogP contribution in [0.2, 0.25) is 0 Å². The Morgan fingerprint density at radius 2 is 1.92 bits per heavy atom. The van der Waals surface area contributed by atoms with Gasteiger partial charge in [-0.3, -0.25) is 0 Å². The first kappa shape index (κ1) is 19.3. The lowest BCUT2D eigenvalue weighted by Gasteiger charge is -2.34. The molecule has 0 amide bonds. The summed E-state index contributed by atoms with van der Waals surface area (Å²) in [5.74, 6) is -0.888. The van der Waals surface area contributed by atoms with Crippen molar-refractivity contribution in [2.75, 3.05) is 0 Å². The van der Waals surface area contributed by atoms with Crippen LogP contribution >= 0.6 is 15.9 Å². The number of hydrogen-bond acceptors (Lipinski definition) is 5. The van der Waals surface area contributed by atoms with E-state index in [-0.39, 0.29) is 4.90 Å². The summed E-state index contributed by atoms with van der Waals surface area (Å²) in [6, 6.07) is 4.94. The normalized spacial score (nSPS) is 30.2. The lowest BCUT2D eigenvalue weighted by molar-refractivity contribution is -0.145. The average Bonchev–Trinajstić information content (AvgIpc) is 2.88. The van der Waals surface area contributed by atoms with Gasteiger partial charge < -0.3 is 9.47 Å². The molecule has 8 nitrogen and oxygen atoms in total. The number of nitrogens with zero attached hydrogens (tertiary/aromatic N) is 3. The van der Waals surface area contributed by atoms with E-state index in [0.717, 1.165) is 5.56 Å². The molecule has 1 aliphatic heterocycles. The van der Waals surface area contributed by atoms with Crippen molar-refractivity contribution in [3.8, 4) is 0 Å². The predicted octanol–water partition coefficient (Wildman–Crippen LogP) is 3.13. The molecule has 3 rings (SSSR count). The van der Waals surface area contributed by atoms with Crippen molar-refractivity contribution >= 4 is 26.0 Å². The van der Waals surface area contributed by atoms with Gasteiger partial charge in [-0.25, -0.2) is 13.1 Å². The molecule has 1 saturated heterocycles. The molecule has 140 valence electrons. The minimum atomic E-state index is -3.83. The van der Waals surface area contributed by atoms with Crippen LogP contribution in [-0.4, -0.2) is 38.5 Å². The molecule has 2 aliphatic rings. The van der Waals surface area contributed by atoms with Crippen molar-refractivity contribution in [3.05, 3.63) is 50.8 Å². The lowest BCUT2D eigenvalue weighted by atomic mass is 9.93. The number of sulfonamides is 1. The molecule has 1 N–H and O–H groups in total. The number of fused-ring (bicyclic) bond motifs is 1. The molecule has 1 aromatic carbocycles. The second-order valence-electron chi connectivity index (χ2n) is 6.73. The van der Waals surface area contributed by atoms with Crippen molar-refractivity contribution < 1.29 is 17.9 Å². The molecule has 1 fully saturated rings. The second-order valence-corrected chi connectivity index (χ2v) is 9.36. The number of nitrogens with one attached hydrogen (secondary N) is 1. The second kappa shape index (κ2) is 6.95. The monoisotopic (exact) mass is 442 g/mol. The Balaban J connectivity index is 1.97. The van der Waals surface area contributed by atoms with Crippen molar-refractivity contribution in [2.45, 2.75) is 55.7 Å². The molecule has 0 spiro atoms. The van der Waals surface area contributed by atoms with E-state index in [1.807, 2.05) is 6.92 Å². The van der Waals surface area contributed by atoms with Gasteiger partial charge in [-0.1, -0.05) is 44.8 Å². The van der Waals surface area contributed by atoms with Crippen LogP contribution in [0.25, 0.3) is 10.4 Å². The number of halogens is 1. The van der Waals surface area contributed by atoms with Gasteiger partial charge in [-0.15, -0.1) is 0 Å². The Labute approximate surface area is 160 Å². The summed E-state index contributed by atoms with van der Waals surface area (Å²) in [6.07, 6.45) is 0.523. The van der Waals surface area contributed by atoms with Crippen LogP contribution in [0.1, 0.15) is 19.4 Å². The summed E-state index contributed by atoms with van der Waals surface area (Å²) in [7, 11) is -3.83. The first-order valence-corrected chi connectivity index (χ1v) is 10.3. The molecule has 0 bridgehead atoms. The molecular weight excluding hydrogens is 424 g/mol. The fourth-order valence-corrected chi connectivity index (χ4v) is 4.97. The third-order valence-electron chi connectivity index (χ3n) is 4.26.